The molecule has 0 radical (unpaired) electrons. The molecule has 1 aliphatic heterocycles. The minimum absolute atomic E-state index is 0.230. The van der Waals surface area contributed by atoms with Crippen molar-refractivity contribution in [3.05, 3.63) is 0 Å². The first-order valence-corrected chi connectivity index (χ1v) is 9.89. The van der Waals surface area contributed by atoms with E-state index in [1.807, 2.05) is 0 Å². The monoisotopic (exact) mass is 254 g/mol. The summed E-state index contributed by atoms with van der Waals surface area (Å²) in [5, 5.41) is 27.7. The van der Waals surface area contributed by atoms with Crippen molar-refractivity contribution >= 4 is 13.5 Å². The Morgan fingerprint density at radius 2 is 1.77 bits per heavy atom. The van der Waals surface area contributed by atoms with Crippen molar-refractivity contribution in [2.45, 2.75) is 41.2 Å². The molecule has 13 heavy (non-hydrogen) atoms. The molecule has 3 N–H and O–H groups in total. The van der Waals surface area contributed by atoms with Gasteiger partial charge in [-0.2, -0.15) is 0 Å². The van der Waals surface area contributed by atoms with E-state index in [1.165, 1.54) is 0 Å². The second kappa shape index (κ2) is 3.75. The van der Waals surface area contributed by atoms with Crippen LogP contribution in [0.4, 0.5) is 0 Å². The van der Waals surface area contributed by atoms with E-state index in [9.17, 15) is 8.85 Å². The quantitative estimate of drug-likeness (QED) is 0.554. The van der Waals surface area contributed by atoms with Crippen LogP contribution in [0.3, 0.4) is 0 Å². The first-order chi connectivity index (χ1) is 5.81. The fourth-order valence-electron chi connectivity index (χ4n) is 1.31. The van der Waals surface area contributed by atoms with Crippen LogP contribution in [0.2, 0.25) is 16.6 Å². The molecule has 0 aromatic heterocycles. The molecular formula is C7H15AsO5. The predicted molar refractivity (Wildman–Crippen MR) is 45.9 cm³/mol. The standard InChI is InChI=1S/C7H15AsO5/c1-8(2,12)3-4-5(9)6(10)7(11)13-4/h4-7,9-11H,3H2,1-2H3/t4-,5-,6-,7-/m1/s1. The van der Waals surface area contributed by atoms with Gasteiger partial charge in [0.25, 0.3) is 0 Å². The van der Waals surface area contributed by atoms with Crippen molar-refractivity contribution in [3.8, 4) is 0 Å². The molecule has 0 aliphatic carbocycles. The first kappa shape index (κ1) is 11.3. The van der Waals surface area contributed by atoms with Crippen molar-refractivity contribution < 1.29 is 23.8 Å². The van der Waals surface area contributed by atoms with E-state index in [0.717, 1.165) is 0 Å². The van der Waals surface area contributed by atoms with Gasteiger partial charge in [0.15, 0.2) is 0 Å². The SMILES string of the molecule is C[As](C)(=O)C[C@H]1O[C@@H](O)[C@H](O)[C@@H]1O. The average Bonchev–Trinajstić information content (AvgIpc) is 2.15. The fourth-order valence-corrected chi connectivity index (χ4v) is 3.77. The third-order valence-electron chi connectivity index (χ3n) is 1.96. The van der Waals surface area contributed by atoms with Crippen LogP contribution in [0.25, 0.3) is 0 Å². The molecule has 5 nitrogen and oxygen atoms in total. The van der Waals surface area contributed by atoms with E-state index >= 15 is 0 Å². The van der Waals surface area contributed by atoms with Crippen LogP contribution in [0.5, 0.6) is 0 Å². The summed E-state index contributed by atoms with van der Waals surface area (Å²) in [5.41, 5.74) is 3.26. The third-order valence-corrected chi connectivity index (χ3v) is 4.56. The zero-order valence-corrected chi connectivity index (χ0v) is 9.50. The Balaban J connectivity index is 2.59. The number of hydrogen-bond donors (Lipinski definition) is 3. The van der Waals surface area contributed by atoms with E-state index in [4.69, 9.17) is 14.9 Å². The summed E-state index contributed by atoms with van der Waals surface area (Å²) < 4.78 is 16.3. The molecule has 0 spiro atoms. The van der Waals surface area contributed by atoms with Crippen LogP contribution in [0.15, 0.2) is 0 Å². The minimum atomic E-state index is -2.90. The van der Waals surface area contributed by atoms with Gasteiger partial charge in [0, 0.05) is 0 Å². The van der Waals surface area contributed by atoms with Gasteiger partial charge < -0.3 is 0 Å². The van der Waals surface area contributed by atoms with Crippen LogP contribution in [0.1, 0.15) is 0 Å². The Hall–Kier alpha value is 0.198. The number of aliphatic hydroxyl groups is 3. The number of aliphatic hydroxyl groups excluding tert-OH is 3. The van der Waals surface area contributed by atoms with Crippen LogP contribution in [-0.2, 0) is 8.48 Å². The van der Waals surface area contributed by atoms with Crippen molar-refractivity contribution in [1.82, 2.24) is 0 Å². The molecule has 0 saturated carbocycles. The third kappa shape index (κ3) is 2.82. The van der Waals surface area contributed by atoms with Gasteiger partial charge in [0.2, 0.25) is 0 Å². The molecule has 6 heteroatoms. The number of ether oxygens (including phenoxy) is 1. The van der Waals surface area contributed by atoms with E-state index < -0.39 is 38.1 Å². The second-order valence-corrected chi connectivity index (χ2v) is 11.2. The molecular weight excluding hydrogens is 239 g/mol. The molecule has 78 valence electrons. The van der Waals surface area contributed by atoms with E-state index in [1.54, 1.807) is 11.4 Å². The van der Waals surface area contributed by atoms with E-state index in [2.05, 4.69) is 0 Å². The van der Waals surface area contributed by atoms with Gasteiger partial charge in [-0.3, -0.25) is 0 Å². The predicted octanol–water partition coefficient (Wildman–Crippen LogP) is -0.939. The number of rotatable bonds is 2. The van der Waals surface area contributed by atoms with Crippen molar-refractivity contribution in [2.24, 2.45) is 0 Å². The first-order valence-electron chi connectivity index (χ1n) is 4.05. The zero-order chi connectivity index (χ0) is 10.2. The van der Waals surface area contributed by atoms with Gasteiger partial charge in [-0.15, -0.1) is 0 Å². The van der Waals surface area contributed by atoms with Gasteiger partial charge in [-0.1, -0.05) is 0 Å². The maximum atomic E-state index is 11.4. The van der Waals surface area contributed by atoms with Crippen molar-refractivity contribution in [3.63, 3.8) is 0 Å². The molecule has 1 saturated heterocycles. The van der Waals surface area contributed by atoms with Crippen LogP contribution < -0.4 is 0 Å². The molecule has 0 aromatic rings. The van der Waals surface area contributed by atoms with E-state index in [0.29, 0.717) is 0 Å². The van der Waals surface area contributed by atoms with Gasteiger partial charge >= 0.3 is 78.5 Å². The summed E-state index contributed by atoms with van der Waals surface area (Å²) in [6, 6.07) is 0. The van der Waals surface area contributed by atoms with Crippen LogP contribution >= 0.6 is 0 Å². The summed E-state index contributed by atoms with van der Waals surface area (Å²) in [5.74, 6) is 0. The van der Waals surface area contributed by atoms with E-state index in [-0.39, 0.29) is 5.21 Å². The molecule has 0 aromatic carbocycles. The normalized spacial score (nSPS) is 41.0. The van der Waals surface area contributed by atoms with Gasteiger partial charge in [-0.05, 0) is 0 Å². The molecule has 4 atom stereocenters. The molecule has 0 bridgehead atoms. The van der Waals surface area contributed by atoms with Gasteiger partial charge in [0.1, 0.15) is 0 Å². The van der Waals surface area contributed by atoms with Gasteiger partial charge in [0.05, 0.1) is 0 Å². The second-order valence-electron chi connectivity index (χ2n) is 3.80. The Morgan fingerprint density at radius 3 is 2.08 bits per heavy atom. The Kier molecular flexibility index (Phi) is 3.25. The average molecular weight is 254 g/mol. The Morgan fingerprint density at radius 1 is 1.23 bits per heavy atom. The fraction of sp³-hybridized carbons (Fsp3) is 1.00. The summed E-state index contributed by atoms with van der Waals surface area (Å²) in [7, 11) is 0. The molecule has 1 aliphatic rings. The number of hydrogen-bond acceptors (Lipinski definition) is 5. The summed E-state index contributed by atoms with van der Waals surface area (Å²) in [6.07, 6.45) is -4.48. The molecule has 0 unspecified atom stereocenters. The summed E-state index contributed by atoms with van der Waals surface area (Å²) >= 11 is -2.90. The Labute approximate surface area is 79.0 Å². The van der Waals surface area contributed by atoms with Crippen LogP contribution in [-0.4, -0.2) is 53.4 Å². The topological polar surface area (TPSA) is 87.0 Å². The molecule has 1 rings (SSSR count). The summed E-state index contributed by atoms with van der Waals surface area (Å²) in [4.78, 5) is 0. The molecule has 0 amide bonds. The molecule has 1 fully saturated rings. The molecule has 1 heterocycles. The Bertz CT molecular complexity index is 225. The van der Waals surface area contributed by atoms with Crippen LogP contribution in [0, 0.1) is 0 Å². The van der Waals surface area contributed by atoms with Gasteiger partial charge in [-0.25, -0.2) is 0 Å². The van der Waals surface area contributed by atoms with Crippen molar-refractivity contribution in [1.29, 1.82) is 0 Å². The maximum absolute atomic E-state index is 11.4. The summed E-state index contributed by atoms with van der Waals surface area (Å²) in [6.45, 7) is 0. The van der Waals surface area contributed by atoms with Crippen molar-refractivity contribution in [2.75, 3.05) is 0 Å². The zero-order valence-electron chi connectivity index (χ0n) is 7.62.